The quantitative estimate of drug-likeness (QED) is 0.766. The van der Waals surface area contributed by atoms with E-state index in [1.807, 2.05) is 16.7 Å². The number of amides is 2. The number of hydrogen-bond donors (Lipinski definition) is 1. The van der Waals surface area contributed by atoms with Crippen LogP contribution in [0.3, 0.4) is 0 Å². The van der Waals surface area contributed by atoms with Crippen LogP contribution in [0.5, 0.6) is 0 Å². The lowest BCUT2D eigenvalue weighted by atomic mass is 10.2. The first-order valence-corrected chi connectivity index (χ1v) is 8.67. The number of unbranched alkanes of at least 4 members (excludes halogenated alkanes) is 1. The van der Waals surface area contributed by atoms with E-state index < -0.39 is 0 Å². The Morgan fingerprint density at radius 2 is 2.10 bits per heavy atom. The van der Waals surface area contributed by atoms with Crippen molar-refractivity contribution in [2.45, 2.75) is 51.3 Å². The van der Waals surface area contributed by atoms with Crippen molar-refractivity contribution < 1.29 is 4.79 Å². The molecule has 1 saturated heterocycles. The molecule has 1 aliphatic heterocycles. The molecule has 0 atom stereocenters. The summed E-state index contributed by atoms with van der Waals surface area (Å²) in [5.74, 6) is 1.04. The topological polar surface area (TPSA) is 35.6 Å². The van der Waals surface area contributed by atoms with Crippen LogP contribution in [0.1, 0.15) is 40.5 Å². The fourth-order valence-corrected chi connectivity index (χ4v) is 3.35. The van der Waals surface area contributed by atoms with Gasteiger partial charge in [-0.1, -0.05) is 0 Å². The van der Waals surface area contributed by atoms with Crippen LogP contribution in [-0.4, -0.2) is 65.6 Å². The molecule has 0 saturated carbocycles. The Hall–Kier alpha value is -0.420. The van der Waals surface area contributed by atoms with Gasteiger partial charge < -0.3 is 15.1 Å². The first-order valence-electron chi connectivity index (χ1n) is 7.69. The predicted molar refractivity (Wildman–Crippen MR) is 88.5 cm³/mol. The highest BCUT2D eigenvalue weighted by Gasteiger charge is 2.29. The Bertz CT molecular complexity index is 307. The Morgan fingerprint density at radius 1 is 1.40 bits per heavy atom. The third-order valence-electron chi connectivity index (χ3n) is 3.81. The van der Waals surface area contributed by atoms with Gasteiger partial charge in [0.1, 0.15) is 0 Å². The van der Waals surface area contributed by atoms with Gasteiger partial charge in [0.15, 0.2) is 0 Å². The van der Waals surface area contributed by atoms with Gasteiger partial charge in [-0.25, -0.2) is 4.79 Å². The first kappa shape index (κ1) is 17.6. The van der Waals surface area contributed by atoms with E-state index >= 15 is 0 Å². The van der Waals surface area contributed by atoms with Gasteiger partial charge in [-0.2, -0.15) is 11.8 Å². The Kier molecular flexibility index (Phi) is 7.17. The van der Waals surface area contributed by atoms with Crippen molar-refractivity contribution in [1.29, 1.82) is 0 Å². The maximum absolute atomic E-state index is 12.1. The van der Waals surface area contributed by atoms with Crippen LogP contribution >= 0.6 is 11.8 Å². The van der Waals surface area contributed by atoms with Crippen LogP contribution in [0, 0.1) is 0 Å². The molecule has 0 bridgehead atoms. The molecule has 0 spiro atoms. The molecule has 2 amide bonds. The molecule has 1 rings (SSSR count). The number of thioether (sulfide) groups is 1. The summed E-state index contributed by atoms with van der Waals surface area (Å²) < 4.78 is 0.190. The van der Waals surface area contributed by atoms with Gasteiger partial charge in [0.25, 0.3) is 0 Å². The fraction of sp³-hybridized carbons (Fsp3) is 0.933. The summed E-state index contributed by atoms with van der Waals surface area (Å²) in [7, 11) is 2.15. The van der Waals surface area contributed by atoms with E-state index in [4.69, 9.17) is 0 Å². The second kappa shape index (κ2) is 8.13. The van der Waals surface area contributed by atoms with Crippen molar-refractivity contribution in [3.05, 3.63) is 0 Å². The number of nitrogens with zero attached hydrogens (tertiary/aromatic N) is 2. The lowest BCUT2D eigenvalue weighted by Gasteiger charge is -2.37. The minimum absolute atomic E-state index is 0.107. The number of carbonyl (C=O) groups is 1. The van der Waals surface area contributed by atoms with Gasteiger partial charge >= 0.3 is 6.03 Å². The summed E-state index contributed by atoms with van der Waals surface area (Å²) >= 11 is 1.95. The summed E-state index contributed by atoms with van der Waals surface area (Å²) in [5, 5.41) is 3.05. The largest absolute Gasteiger partial charge is 0.338 e. The Morgan fingerprint density at radius 3 is 2.70 bits per heavy atom. The zero-order valence-electron chi connectivity index (χ0n) is 13.7. The average Bonchev–Trinajstić information content (AvgIpc) is 2.36. The zero-order chi connectivity index (χ0) is 15.2. The maximum Gasteiger partial charge on any atom is 0.317 e. The normalized spacial score (nSPS) is 18.6. The zero-order valence-corrected chi connectivity index (χ0v) is 14.6. The number of urea groups is 1. The standard InChI is InChI=1S/C15H31N3OS/c1-13(2)17(5)9-7-6-8-16-14(19)18-10-11-20-15(3,4)12-18/h13H,6-12H2,1-5H3,(H,16,19). The van der Waals surface area contributed by atoms with Crippen molar-refractivity contribution in [3.63, 3.8) is 0 Å². The number of nitrogens with one attached hydrogen (secondary N) is 1. The van der Waals surface area contributed by atoms with Crippen molar-refractivity contribution >= 4 is 17.8 Å². The van der Waals surface area contributed by atoms with E-state index in [9.17, 15) is 4.79 Å². The Labute approximate surface area is 128 Å². The highest BCUT2D eigenvalue weighted by molar-refractivity contribution is 8.00. The van der Waals surface area contributed by atoms with E-state index in [2.05, 4.69) is 45.0 Å². The van der Waals surface area contributed by atoms with Crippen molar-refractivity contribution in [3.8, 4) is 0 Å². The lowest BCUT2D eigenvalue weighted by Crippen LogP contribution is -2.50. The van der Waals surface area contributed by atoms with Crippen LogP contribution < -0.4 is 5.32 Å². The smallest absolute Gasteiger partial charge is 0.317 e. The van der Waals surface area contributed by atoms with E-state index in [0.717, 1.165) is 44.8 Å². The summed E-state index contributed by atoms with van der Waals surface area (Å²) in [4.78, 5) is 16.4. The third kappa shape index (κ3) is 6.35. The minimum atomic E-state index is 0.107. The second-order valence-corrected chi connectivity index (χ2v) is 8.35. The summed E-state index contributed by atoms with van der Waals surface area (Å²) in [6, 6.07) is 0.702. The van der Waals surface area contributed by atoms with Gasteiger partial charge in [-0.15, -0.1) is 0 Å². The molecular weight excluding hydrogens is 270 g/mol. The molecule has 20 heavy (non-hydrogen) atoms. The molecule has 1 aliphatic rings. The molecule has 0 aromatic rings. The summed E-state index contributed by atoms with van der Waals surface area (Å²) in [5.41, 5.74) is 0. The van der Waals surface area contributed by atoms with Gasteiger partial charge in [0, 0.05) is 36.2 Å². The van der Waals surface area contributed by atoms with Gasteiger partial charge in [-0.05, 0) is 54.1 Å². The van der Waals surface area contributed by atoms with Crippen LogP contribution in [0.15, 0.2) is 0 Å². The number of hydrogen-bond acceptors (Lipinski definition) is 3. The van der Waals surface area contributed by atoms with Crippen molar-refractivity contribution in [2.24, 2.45) is 0 Å². The van der Waals surface area contributed by atoms with Crippen LogP contribution in [0.2, 0.25) is 0 Å². The summed E-state index contributed by atoms with van der Waals surface area (Å²) in [6.07, 6.45) is 2.19. The van der Waals surface area contributed by atoms with Gasteiger partial charge in [0.2, 0.25) is 0 Å². The van der Waals surface area contributed by atoms with Crippen LogP contribution in [-0.2, 0) is 0 Å². The fourth-order valence-electron chi connectivity index (χ4n) is 2.24. The summed E-state index contributed by atoms with van der Waals surface area (Å²) in [6.45, 7) is 12.4. The minimum Gasteiger partial charge on any atom is -0.338 e. The molecule has 5 heteroatoms. The van der Waals surface area contributed by atoms with Gasteiger partial charge in [-0.3, -0.25) is 0 Å². The van der Waals surface area contributed by atoms with Crippen LogP contribution in [0.25, 0.3) is 0 Å². The van der Waals surface area contributed by atoms with E-state index in [-0.39, 0.29) is 10.8 Å². The highest BCUT2D eigenvalue weighted by Crippen LogP contribution is 2.29. The van der Waals surface area contributed by atoms with Crippen molar-refractivity contribution in [2.75, 3.05) is 39.0 Å². The first-order chi connectivity index (χ1) is 9.32. The molecule has 0 radical (unpaired) electrons. The molecule has 1 heterocycles. The van der Waals surface area contributed by atoms with E-state index in [1.54, 1.807) is 0 Å². The Balaban J connectivity index is 2.14. The molecule has 4 nitrogen and oxygen atoms in total. The molecule has 0 unspecified atom stereocenters. The molecule has 118 valence electrons. The number of rotatable bonds is 6. The SMILES string of the molecule is CC(C)N(C)CCCCNC(=O)N1CCSC(C)(C)C1. The van der Waals surface area contributed by atoms with Crippen LogP contribution in [0.4, 0.5) is 4.79 Å². The predicted octanol–water partition coefficient (Wildman–Crippen LogP) is 2.64. The monoisotopic (exact) mass is 301 g/mol. The van der Waals surface area contributed by atoms with Gasteiger partial charge in [0.05, 0.1) is 0 Å². The average molecular weight is 302 g/mol. The lowest BCUT2D eigenvalue weighted by molar-refractivity contribution is 0.194. The molecule has 0 aromatic heterocycles. The molecular formula is C15H31N3OS. The molecule has 1 N–H and O–H groups in total. The highest BCUT2D eigenvalue weighted by atomic mass is 32.2. The second-order valence-electron chi connectivity index (χ2n) is 6.54. The van der Waals surface area contributed by atoms with E-state index in [1.165, 1.54) is 0 Å². The van der Waals surface area contributed by atoms with Crippen molar-refractivity contribution in [1.82, 2.24) is 15.1 Å². The third-order valence-corrected chi connectivity index (χ3v) is 5.11. The van der Waals surface area contributed by atoms with E-state index in [0.29, 0.717) is 6.04 Å². The molecule has 1 fully saturated rings. The maximum atomic E-state index is 12.1. The molecule has 0 aliphatic carbocycles. The molecule has 0 aromatic carbocycles. The number of carbonyl (C=O) groups excluding carboxylic acids is 1.